The van der Waals surface area contributed by atoms with Crippen LogP contribution in [0.4, 0.5) is 16.4 Å². The number of nitrogens with zero attached hydrogens (tertiary/aromatic N) is 6. The maximum Gasteiger partial charge on any atom is 0.409 e. The summed E-state index contributed by atoms with van der Waals surface area (Å²) < 4.78 is 7.06. The highest BCUT2D eigenvalue weighted by Gasteiger charge is 2.27. The highest BCUT2D eigenvalue weighted by molar-refractivity contribution is 5.67. The quantitative estimate of drug-likeness (QED) is 0.347. The molecule has 2 fully saturated rings. The van der Waals surface area contributed by atoms with Crippen LogP contribution in [0.25, 0.3) is 11.3 Å². The first kappa shape index (κ1) is 27.6. The van der Waals surface area contributed by atoms with Crippen molar-refractivity contribution in [1.82, 2.24) is 30.0 Å². The van der Waals surface area contributed by atoms with Gasteiger partial charge in [-0.1, -0.05) is 25.0 Å². The monoisotopic (exact) mass is 542 g/mol. The summed E-state index contributed by atoms with van der Waals surface area (Å²) in [5, 5.41) is 20.9. The van der Waals surface area contributed by atoms with Crippen molar-refractivity contribution in [1.29, 1.82) is 5.26 Å². The molecule has 40 heavy (non-hydrogen) atoms. The maximum absolute atomic E-state index is 11.9. The summed E-state index contributed by atoms with van der Waals surface area (Å²) in [5.41, 5.74) is 3.81. The molecule has 1 aromatic carbocycles. The van der Waals surface area contributed by atoms with Crippen molar-refractivity contribution < 1.29 is 9.53 Å². The van der Waals surface area contributed by atoms with E-state index in [0.717, 1.165) is 62.3 Å². The van der Waals surface area contributed by atoms with Crippen LogP contribution >= 0.6 is 0 Å². The smallest absolute Gasteiger partial charge is 0.409 e. The van der Waals surface area contributed by atoms with Gasteiger partial charge in [-0.2, -0.15) is 10.4 Å². The Balaban J connectivity index is 1.14. The van der Waals surface area contributed by atoms with Gasteiger partial charge in [-0.25, -0.2) is 14.8 Å². The van der Waals surface area contributed by atoms with Gasteiger partial charge in [0.1, 0.15) is 0 Å². The molecule has 3 heterocycles. The van der Waals surface area contributed by atoms with Crippen molar-refractivity contribution in [3.8, 4) is 17.3 Å². The van der Waals surface area contributed by atoms with Gasteiger partial charge in [-0.05, 0) is 62.3 Å². The Morgan fingerprint density at radius 2 is 1.93 bits per heavy atom. The van der Waals surface area contributed by atoms with Crippen LogP contribution in [0.5, 0.6) is 0 Å². The van der Waals surface area contributed by atoms with Crippen molar-refractivity contribution in [2.45, 2.75) is 70.5 Å². The summed E-state index contributed by atoms with van der Waals surface area (Å²) >= 11 is 0. The van der Waals surface area contributed by atoms with Gasteiger partial charge in [0.25, 0.3) is 0 Å². The molecule has 0 bridgehead atoms. The topological polar surface area (TPSA) is 121 Å². The van der Waals surface area contributed by atoms with Crippen molar-refractivity contribution in [3.63, 3.8) is 0 Å². The highest BCUT2D eigenvalue weighted by atomic mass is 16.6. The summed E-state index contributed by atoms with van der Waals surface area (Å²) in [5.74, 6) is 1.03. The zero-order valence-corrected chi connectivity index (χ0v) is 23.1. The van der Waals surface area contributed by atoms with Gasteiger partial charge in [-0.3, -0.25) is 4.68 Å². The Labute approximate surface area is 235 Å². The Morgan fingerprint density at radius 3 is 2.65 bits per heavy atom. The summed E-state index contributed by atoms with van der Waals surface area (Å²) in [6, 6.07) is 13.0. The number of rotatable bonds is 10. The van der Waals surface area contributed by atoms with E-state index in [1.165, 1.54) is 18.4 Å². The molecule has 1 saturated heterocycles. The largest absolute Gasteiger partial charge is 0.450 e. The molecule has 1 atom stereocenters. The number of likely N-dealkylation sites (tertiary alicyclic amines) is 1. The SMILES string of the molecule is CCOC(=O)N1CCC(NCc2ccc(Nc3nccc(-c4cnn(C(CC#N)C5CCCC5)c4)n3)cc2)CC1. The zero-order valence-electron chi connectivity index (χ0n) is 23.1. The molecule has 3 aromatic rings. The van der Waals surface area contributed by atoms with Crippen LogP contribution in [-0.4, -0.2) is 56.5 Å². The number of nitriles is 1. The number of aromatic nitrogens is 4. The molecule has 2 aliphatic rings. The molecule has 0 radical (unpaired) electrons. The Bertz CT molecular complexity index is 1290. The summed E-state index contributed by atoms with van der Waals surface area (Å²) in [7, 11) is 0. The second kappa shape index (κ2) is 13.4. The fourth-order valence-corrected chi connectivity index (χ4v) is 5.72. The molecule has 1 saturated carbocycles. The van der Waals surface area contributed by atoms with Gasteiger partial charge in [0.15, 0.2) is 0 Å². The number of hydrogen-bond donors (Lipinski definition) is 2. The van der Waals surface area contributed by atoms with E-state index < -0.39 is 0 Å². The normalized spacial score (nSPS) is 16.9. The molecule has 1 aliphatic heterocycles. The molecule has 2 aromatic heterocycles. The maximum atomic E-state index is 11.9. The molecule has 2 N–H and O–H groups in total. The second-order valence-electron chi connectivity index (χ2n) is 10.6. The van der Waals surface area contributed by atoms with Crippen LogP contribution < -0.4 is 10.6 Å². The van der Waals surface area contributed by atoms with Crippen LogP contribution in [-0.2, 0) is 11.3 Å². The average Bonchev–Trinajstić information content (AvgIpc) is 3.70. The lowest BCUT2D eigenvalue weighted by Gasteiger charge is -2.31. The summed E-state index contributed by atoms with van der Waals surface area (Å²) in [6.45, 7) is 4.46. The van der Waals surface area contributed by atoms with Crippen LogP contribution in [0.15, 0.2) is 48.9 Å². The van der Waals surface area contributed by atoms with Gasteiger partial charge in [0.2, 0.25) is 5.95 Å². The van der Waals surface area contributed by atoms with E-state index in [4.69, 9.17) is 9.72 Å². The molecule has 1 amide bonds. The van der Waals surface area contributed by atoms with E-state index in [-0.39, 0.29) is 12.1 Å². The number of nitrogens with one attached hydrogen (secondary N) is 2. The van der Waals surface area contributed by atoms with E-state index >= 15 is 0 Å². The van der Waals surface area contributed by atoms with Crippen molar-refractivity contribution >= 4 is 17.7 Å². The fourth-order valence-electron chi connectivity index (χ4n) is 5.72. The van der Waals surface area contributed by atoms with Gasteiger partial charge < -0.3 is 20.3 Å². The summed E-state index contributed by atoms with van der Waals surface area (Å²) in [6.07, 6.45) is 12.5. The number of carbonyl (C=O) groups excluding carboxylic acids is 1. The van der Waals surface area contributed by atoms with E-state index in [2.05, 4.69) is 38.9 Å². The Kier molecular flexibility index (Phi) is 9.24. The van der Waals surface area contributed by atoms with Gasteiger partial charge in [-0.15, -0.1) is 0 Å². The van der Waals surface area contributed by atoms with Crippen LogP contribution in [0.3, 0.4) is 0 Å². The number of ether oxygens (including phenoxy) is 1. The lowest BCUT2D eigenvalue weighted by atomic mass is 9.96. The molecule has 210 valence electrons. The lowest BCUT2D eigenvalue weighted by molar-refractivity contribution is 0.0950. The average molecular weight is 543 g/mol. The Hall–Kier alpha value is -3.97. The van der Waals surface area contributed by atoms with E-state index in [0.29, 0.717) is 30.9 Å². The molecule has 10 heteroatoms. The van der Waals surface area contributed by atoms with Crippen LogP contribution in [0.1, 0.15) is 63.5 Å². The van der Waals surface area contributed by atoms with Crippen molar-refractivity contribution in [3.05, 3.63) is 54.5 Å². The fraction of sp³-hybridized carbons (Fsp3) is 0.500. The first-order valence-electron chi connectivity index (χ1n) is 14.4. The molecular weight excluding hydrogens is 504 g/mol. The van der Waals surface area contributed by atoms with Gasteiger partial charge >= 0.3 is 6.09 Å². The molecular formula is C30H38N8O2. The van der Waals surface area contributed by atoms with Crippen LogP contribution in [0.2, 0.25) is 0 Å². The van der Waals surface area contributed by atoms with Gasteiger partial charge in [0, 0.05) is 49.3 Å². The first-order chi connectivity index (χ1) is 19.6. The first-order valence-corrected chi connectivity index (χ1v) is 14.4. The lowest BCUT2D eigenvalue weighted by Crippen LogP contribution is -2.44. The molecule has 10 nitrogen and oxygen atoms in total. The third-order valence-electron chi connectivity index (χ3n) is 7.96. The van der Waals surface area contributed by atoms with Crippen LogP contribution in [0, 0.1) is 17.2 Å². The van der Waals surface area contributed by atoms with Gasteiger partial charge in [0.05, 0.1) is 37.0 Å². The van der Waals surface area contributed by atoms with Crippen molar-refractivity contribution in [2.24, 2.45) is 5.92 Å². The second-order valence-corrected chi connectivity index (χ2v) is 10.6. The number of anilines is 2. The highest BCUT2D eigenvalue weighted by Crippen LogP contribution is 2.36. The summed E-state index contributed by atoms with van der Waals surface area (Å²) in [4.78, 5) is 22.8. The molecule has 5 rings (SSSR count). The standard InChI is InChI=1S/C30H38N8O2/c1-2-40-30(39)37-17-13-25(14-18-37)33-19-22-7-9-26(10-8-22)35-29-32-16-12-27(36-29)24-20-34-38(21-24)28(11-15-31)23-5-3-4-6-23/h7-10,12,16,20-21,23,25,28,33H,2-6,11,13-14,17-19H2,1H3,(H,32,35,36). The predicted molar refractivity (Wildman–Crippen MR) is 153 cm³/mol. The predicted octanol–water partition coefficient (Wildman–Crippen LogP) is 5.44. The van der Waals surface area contributed by atoms with Crippen molar-refractivity contribution in [2.75, 3.05) is 25.0 Å². The van der Waals surface area contributed by atoms with E-state index in [1.807, 2.05) is 42.2 Å². The zero-order chi connectivity index (χ0) is 27.7. The minimum absolute atomic E-state index is 0.117. The molecule has 0 spiro atoms. The third kappa shape index (κ3) is 6.96. The van der Waals surface area contributed by atoms with E-state index in [1.54, 1.807) is 11.1 Å². The number of piperidine rings is 1. The molecule has 1 unspecified atom stereocenters. The third-order valence-corrected chi connectivity index (χ3v) is 7.96. The number of amides is 1. The minimum Gasteiger partial charge on any atom is -0.450 e. The number of benzene rings is 1. The van der Waals surface area contributed by atoms with E-state index in [9.17, 15) is 10.1 Å². The number of carbonyl (C=O) groups is 1. The number of hydrogen-bond acceptors (Lipinski definition) is 8. The Morgan fingerprint density at radius 1 is 1.15 bits per heavy atom. The minimum atomic E-state index is -0.211. The molecule has 1 aliphatic carbocycles.